The van der Waals surface area contributed by atoms with Crippen molar-refractivity contribution in [2.75, 3.05) is 0 Å². The predicted molar refractivity (Wildman–Crippen MR) is 52.1 cm³/mol. The first kappa shape index (κ1) is 7.35. The first-order valence-corrected chi connectivity index (χ1v) is 4.35. The Morgan fingerprint density at radius 1 is 1.00 bits per heavy atom. The molecule has 0 amide bonds. The summed E-state index contributed by atoms with van der Waals surface area (Å²) < 4.78 is 0. The van der Waals surface area contributed by atoms with Gasteiger partial charge >= 0.3 is 0 Å². The van der Waals surface area contributed by atoms with Gasteiger partial charge in [0.25, 0.3) is 0 Å². The number of benzene rings is 1. The molecule has 1 atom stereocenters. The molecule has 0 heteroatoms. The summed E-state index contributed by atoms with van der Waals surface area (Å²) >= 11 is 0. The molecule has 0 spiro atoms. The van der Waals surface area contributed by atoms with Crippen LogP contribution in [0.25, 0.3) is 0 Å². The van der Waals surface area contributed by atoms with Gasteiger partial charge in [0.05, 0.1) is 0 Å². The van der Waals surface area contributed by atoms with Crippen molar-refractivity contribution in [2.45, 2.75) is 12.3 Å². The molecule has 0 bridgehead atoms. The van der Waals surface area contributed by atoms with Crippen molar-refractivity contribution in [1.82, 2.24) is 0 Å². The standard InChI is InChI=1S/C12H12/c1-3-7-11(8-4-1)12-9-5-2-6-10-12/h1-9,12H,10H2/t12-/m1/s1. The Hall–Kier alpha value is -1.30. The molecule has 1 aliphatic carbocycles. The zero-order valence-electron chi connectivity index (χ0n) is 6.98. The molecule has 0 fully saturated rings. The maximum Gasteiger partial charge on any atom is 0.00557 e. The molecule has 60 valence electrons. The van der Waals surface area contributed by atoms with E-state index in [0.717, 1.165) is 6.42 Å². The highest BCUT2D eigenvalue weighted by molar-refractivity contribution is 5.28. The highest BCUT2D eigenvalue weighted by Crippen LogP contribution is 2.23. The van der Waals surface area contributed by atoms with E-state index in [1.807, 2.05) is 0 Å². The smallest absolute Gasteiger partial charge is 0.00557 e. The van der Waals surface area contributed by atoms with Crippen LogP contribution in [-0.2, 0) is 0 Å². The molecular formula is C12H12. The van der Waals surface area contributed by atoms with Gasteiger partial charge in [-0.05, 0) is 12.0 Å². The minimum absolute atomic E-state index is 0.594. The van der Waals surface area contributed by atoms with Gasteiger partial charge in [0, 0.05) is 5.92 Å². The number of allylic oxidation sites excluding steroid dienone is 4. The maximum atomic E-state index is 2.26. The lowest BCUT2D eigenvalue weighted by Crippen LogP contribution is -1.94. The van der Waals surface area contributed by atoms with E-state index >= 15 is 0 Å². The molecule has 1 aliphatic rings. The average molecular weight is 156 g/mol. The molecule has 1 aromatic rings. The van der Waals surface area contributed by atoms with Gasteiger partial charge in [-0.2, -0.15) is 0 Å². The fourth-order valence-electron chi connectivity index (χ4n) is 1.53. The van der Waals surface area contributed by atoms with Crippen LogP contribution in [0.15, 0.2) is 54.6 Å². The van der Waals surface area contributed by atoms with Crippen molar-refractivity contribution in [2.24, 2.45) is 0 Å². The lowest BCUT2D eigenvalue weighted by Gasteiger charge is -2.12. The Balaban J connectivity index is 2.21. The van der Waals surface area contributed by atoms with E-state index in [-0.39, 0.29) is 0 Å². The maximum absolute atomic E-state index is 2.26. The van der Waals surface area contributed by atoms with Crippen LogP contribution in [0.1, 0.15) is 17.9 Å². The Bertz CT molecular complexity index is 293. The van der Waals surface area contributed by atoms with Crippen molar-refractivity contribution in [3.63, 3.8) is 0 Å². The van der Waals surface area contributed by atoms with Crippen LogP contribution in [0.3, 0.4) is 0 Å². The largest absolute Gasteiger partial charge is 0.0836 e. The molecule has 1 aromatic carbocycles. The van der Waals surface area contributed by atoms with Gasteiger partial charge in [-0.25, -0.2) is 0 Å². The first-order valence-electron chi connectivity index (χ1n) is 4.35. The van der Waals surface area contributed by atoms with Crippen molar-refractivity contribution < 1.29 is 0 Å². The predicted octanol–water partition coefficient (Wildman–Crippen LogP) is 3.29. The van der Waals surface area contributed by atoms with Crippen molar-refractivity contribution in [3.8, 4) is 0 Å². The number of hydrogen-bond acceptors (Lipinski definition) is 0. The van der Waals surface area contributed by atoms with E-state index in [2.05, 4.69) is 54.6 Å². The van der Waals surface area contributed by atoms with E-state index in [1.54, 1.807) is 0 Å². The third-order valence-corrected chi connectivity index (χ3v) is 2.21. The second kappa shape index (κ2) is 3.40. The van der Waals surface area contributed by atoms with Crippen molar-refractivity contribution >= 4 is 0 Å². The molecule has 0 aromatic heterocycles. The summed E-state index contributed by atoms with van der Waals surface area (Å²) in [6.45, 7) is 0. The molecule has 0 radical (unpaired) electrons. The number of rotatable bonds is 1. The SMILES string of the molecule is C1=CC[C@H](c2ccccc2)C=C1. The van der Waals surface area contributed by atoms with Crippen molar-refractivity contribution in [1.29, 1.82) is 0 Å². The first-order chi connectivity index (χ1) is 5.97. The average Bonchev–Trinajstić information content (AvgIpc) is 2.21. The number of hydrogen-bond donors (Lipinski definition) is 0. The summed E-state index contributed by atoms with van der Waals surface area (Å²) in [6.07, 6.45) is 9.86. The van der Waals surface area contributed by atoms with Crippen LogP contribution in [0.5, 0.6) is 0 Å². The fourth-order valence-corrected chi connectivity index (χ4v) is 1.53. The topological polar surface area (TPSA) is 0 Å². The Morgan fingerprint density at radius 3 is 2.50 bits per heavy atom. The van der Waals surface area contributed by atoms with Crippen LogP contribution in [0, 0.1) is 0 Å². The van der Waals surface area contributed by atoms with Crippen LogP contribution >= 0.6 is 0 Å². The Morgan fingerprint density at radius 2 is 1.83 bits per heavy atom. The molecular weight excluding hydrogens is 144 g/mol. The molecule has 0 unspecified atom stereocenters. The summed E-state index contributed by atoms with van der Waals surface area (Å²) in [5.41, 5.74) is 1.41. The molecule has 0 heterocycles. The van der Waals surface area contributed by atoms with Gasteiger partial charge in [0.15, 0.2) is 0 Å². The molecule has 0 aliphatic heterocycles. The van der Waals surface area contributed by atoms with Crippen LogP contribution in [0.2, 0.25) is 0 Å². The highest BCUT2D eigenvalue weighted by Gasteiger charge is 2.06. The lowest BCUT2D eigenvalue weighted by molar-refractivity contribution is 0.854. The second-order valence-corrected chi connectivity index (χ2v) is 3.07. The summed E-state index contributed by atoms with van der Waals surface area (Å²) in [4.78, 5) is 0. The third kappa shape index (κ3) is 1.48. The van der Waals surface area contributed by atoms with Crippen molar-refractivity contribution in [3.05, 3.63) is 60.2 Å². The molecule has 2 rings (SSSR count). The van der Waals surface area contributed by atoms with Gasteiger partial charge in [0.1, 0.15) is 0 Å². The zero-order valence-corrected chi connectivity index (χ0v) is 6.98. The second-order valence-electron chi connectivity index (χ2n) is 3.07. The van der Waals surface area contributed by atoms with Crippen LogP contribution in [0.4, 0.5) is 0 Å². The highest BCUT2D eigenvalue weighted by atomic mass is 14.1. The van der Waals surface area contributed by atoms with E-state index in [1.165, 1.54) is 5.56 Å². The fraction of sp³-hybridized carbons (Fsp3) is 0.167. The van der Waals surface area contributed by atoms with E-state index in [4.69, 9.17) is 0 Å². The molecule has 0 nitrogen and oxygen atoms in total. The Kier molecular flexibility index (Phi) is 2.08. The molecule has 0 saturated heterocycles. The van der Waals surface area contributed by atoms with Gasteiger partial charge < -0.3 is 0 Å². The monoisotopic (exact) mass is 156 g/mol. The van der Waals surface area contributed by atoms with Gasteiger partial charge in [-0.1, -0.05) is 54.6 Å². The van der Waals surface area contributed by atoms with Crippen LogP contribution < -0.4 is 0 Å². The molecule has 12 heavy (non-hydrogen) atoms. The Labute approximate surface area is 73.2 Å². The van der Waals surface area contributed by atoms with E-state index in [0.29, 0.717) is 5.92 Å². The summed E-state index contributed by atoms with van der Waals surface area (Å²) in [6, 6.07) is 10.6. The van der Waals surface area contributed by atoms with E-state index < -0.39 is 0 Å². The quantitative estimate of drug-likeness (QED) is 0.585. The van der Waals surface area contributed by atoms with Gasteiger partial charge in [-0.3, -0.25) is 0 Å². The third-order valence-electron chi connectivity index (χ3n) is 2.21. The molecule has 0 N–H and O–H groups in total. The van der Waals surface area contributed by atoms with Gasteiger partial charge in [-0.15, -0.1) is 0 Å². The lowest BCUT2D eigenvalue weighted by atomic mass is 9.93. The minimum atomic E-state index is 0.594. The minimum Gasteiger partial charge on any atom is -0.0836 e. The summed E-state index contributed by atoms with van der Waals surface area (Å²) in [5, 5.41) is 0. The summed E-state index contributed by atoms with van der Waals surface area (Å²) in [7, 11) is 0. The normalized spacial score (nSPS) is 21.2. The van der Waals surface area contributed by atoms with E-state index in [9.17, 15) is 0 Å². The van der Waals surface area contributed by atoms with Crippen LogP contribution in [-0.4, -0.2) is 0 Å². The van der Waals surface area contributed by atoms with Gasteiger partial charge in [0.2, 0.25) is 0 Å². The summed E-state index contributed by atoms with van der Waals surface area (Å²) in [5.74, 6) is 0.594. The molecule has 0 saturated carbocycles. The zero-order chi connectivity index (χ0) is 8.23.